The Morgan fingerprint density at radius 3 is 2.23 bits per heavy atom. The molecule has 7 unspecified atom stereocenters. The standard InChI is InChI=1S/C24H32O6/c1-12-15-7-8-16-23(6)10-9-18(27)22(4,5)17(23)11-19(29-13(2)25)24(16,20(12)28)21(15)30-14(3)26/h15-17,19,21H,1,7-11H2,2-6H3. The molecule has 0 aromatic heterocycles. The zero-order valence-corrected chi connectivity index (χ0v) is 18.6. The summed E-state index contributed by atoms with van der Waals surface area (Å²) in [5.41, 5.74) is -1.50. The Hall–Kier alpha value is -1.98. The van der Waals surface area contributed by atoms with Gasteiger partial charge in [-0.3, -0.25) is 19.2 Å². The minimum Gasteiger partial charge on any atom is -0.461 e. The van der Waals surface area contributed by atoms with Gasteiger partial charge in [-0.25, -0.2) is 0 Å². The van der Waals surface area contributed by atoms with Gasteiger partial charge in [-0.05, 0) is 48.5 Å². The van der Waals surface area contributed by atoms with E-state index < -0.39 is 35.0 Å². The van der Waals surface area contributed by atoms with Gasteiger partial charge in [0.05, 0.1) is 0 Å². The molecule has 0 aliphatic heterocycles. The number of Topliss-reactive ketones (excluding diaryl/α,β-unsaturated/α-hetero) is 2. The third-order valence-corrected chi connectivity index (χ3v) is 8.97. The van der Waals surface area contributed by atoms with Crippen LogP contribution in [0.1, 0.15) is 66.7 Å². The van der Waals surface area contributed by atoms with Gasteiger partial charge in [-0.15, -0.1) is 0 Å². The Balaban J connectivity index is 1.93. The van der Waals surface area contributed by atoms with Crippen molar-refractivity contribution in [2.24, 2.45) is 34.0 Å². The molecule has 2 bridgehead atoms. The molecule has 0 aromatic rings. The lowest BCUT2D eigenvalue weighted by Crippen LogP contribution is -2.69. The predicted molar refractivity (Wildman–Crippen MR) is 108 cm³/mol. The van der Waals surface area contributed by atoms with E-state index in [2.05, 4.69) is 13.5 Å². The second-order valence-corrected chi connectivity index (χ2v) is 10.6. The summed E-state index contributed by atoms with van der Waals surface area (Å²) in [6.45, 7) is 12.9. The average molecular weight is 417 g/mol. The van der Waals surface area contributed by atoms with Crippen molar-refractivity contribution in [2.45, 2.75) is 78.9 Å². The van der Waals surface area contributed by atoms with Crippen molar-refractivity contribution in [1.29, 1.82) is 0 Å². The van der Waals surface area contributed by atoms with E-state index in [1.165, 1.54) is 13.8 Å². The number of ether oxygens (including phenoxy) is 2. The van der Waals surface area contributed by atoms with Crippen LogP contribution in [-0.4, -0.2) is 35.7 Å². The average Bonchev–Trinajstić information content (AvgIpc) is 2.76. The number of esters is 2. The number of hydrogen-bond acceptors (Lipinski definition) is 6. The van der Waals surface area contributed by atoms with Gasteiger partial charge in [-0.2, -0.15) is 0 Å². The lowest BCUT2D eigenvalue weighted by molar-refractivity contribution is -0.235. The molecule has 4 saturated carbocycles. The Bertz CT molecular complexity index is 856. The van der Waals surface area contributed by atoms with E-state index in [-0.39, 0.29) is 34.7 Å². The number of fused-ring (bicyclic) bond motifs is 3. The van der Waals surface area contributed by atoms with Gasteiger partial charge in [0.25, 0.3) is 0 Å². The van der Waals surface area contributed by atoms with Gasteiger partial charge in [0.15, 0.2) is 5.78 Å². The second kappa shape index (κ2) is 6.51. The van der Waals surface area contributed by atoms with Gasteiger partial charge in [0.1, 0.15) is 23.4 Å². The van der Waals surface area contributed by atoms with E-state index in [1.54, 1.807) is 0 Å². The van der Waals surface area contributed by atoms with Crippen molar-refractivity contribution >= 4 is 23.5 Å². The van der Waals surface area contributed by atoms with E-state index in [0.29, 0.717) is 31.3 Å². The summed E-state index contributed by atoms with van der Waals surface area (Å²) >= 11 is 0. The van der Waals surface area contributed by atoms with Crippen LogP contribution in [0.5, 0.6) is 0 Å². The van der Waals surface area contributed by atoms with Gasteiger partial charge in [-0.1, -0.05) is 27.4 Å². The van der Waals surface area contributed by atoms with E-state index in [9.17, 15) is 19.2 Å². The first kappa shape index (κ1) is 21.3. The van der Waals surface area contributed by atoms with Crippen LogP contribution < -0.4 is 0 Å². The van der Waals surface area contributed by atoms with Crippen molar-refractivity contribution in [3.05, 3.63) is 12.2 Å². The molecule has 4 aliphatic rings. The number of ketones is 2. The number of hydrogen-bond donors (Lipinski definition) is 0. The molecule has 0 amide bonds. The van der Waals surface area contributed by atoms with Crippen LogP contribution in [0, 0.1) is 34.0 Å². The Morgan fingerprint density at radius 2 is 1.63 bits per heavy atom. The monoisotopic (exact) mass is 416 g/mol. The summed E-state index contributed by atoms with van der Waals surface area (Å²) in [6.07, 6.45) is 1.65. The third-order valence-electron chi connectivity index (χ3n) is 8.97. The molecule has 30 heavy (non-hydrogen) atoms. The fraction of sp³-hybridized carbons (Fsp3) is 0.750. The van der Waals surface area contributed by atoms with Gasteiger partial charge in [0.2, 0.25) is 0 Å². The molecule has 4 aliphatic carbocycles. The number of carbonyl (C=O) groups is 4. The van der Waals surface area contributed by atoms with Crippen molar-refractivity contribution in [1.82, 2.24) is 0 Å². The van der Waals surface area contributed by atoms with E-state index in [0.717, 1.165) is 6.42 Å². The molecule has 0 aromatic carbocycles. The maximum Gasteiger partial charge on any atom is 0.302 e. The molecule has 0 heterocycles. The fourth-order valence-electron chi connectivity index (χ4n) is 7.78. The van der Waals surface area contributed by atoms with Crippen molar-refractivity contribution < 1.29 is 28.7 Å². The molecule has 164 valence electrons. The third kappa shape index (κ3) is 2.48. The molecule has 7 atom stereocenters. The van der Waals surface area contributed by atoms with Crippen LogP contribution in [0.3, 0.4) is 0 Å². The Labute approximate surface area is 177 Å². The molecular formula is C24H32O6. The summed E-state index contributed by atoms with van der Waals surface area (Å²) < 4.78 is 11.6. The van der Waals surface area contributed by atoms with Crippen LogP contribution in [0.4, 0.5) is 0 Å². The number of rotatable bonds is 2. The highest BCUT2D eigenvalue weighted by molar-refractivity contribution is 6.05. The van der Waals surface area contributed by atoms with Crippen molar-refractivity contribution in [2.75, 3.05) is 0 Å². The topological polar surface area (TPSA) is 86.7 Å². The largest absolute Gasteiger partial charge is 0.461 e. The summed E-state index contributed by atoms with van der Waals surface area (Å²) in [6, 6.07) is 0. The van der Waals surface area contributed by atoms with Crippen molar-refractivity contribution in [3.8, 4) is 0 Å². The zero-order chi connectivity index (χ0) is 22.2. The highest BCUT2D eigenvalue weighted by atomic mass is 16.6. The van der Waals surface area contributed by atoms with E-state index in [1.807, 2.05) is 13.8 Å². The molecule has 6 nitrogen and oxygen atoms in total. The van der Waals surface area contributed by atoms with Crippen LogP contribution in [0.15, 0.2) is 12.2 Å². The summed E-state index contributed by atoms with van der Waals surface area (Å²) in [5.74, 6) is -1.23. The molecular weight excluding hydrogens is 384 g/mol. The van der Waals surface area contributed by atoms with E-state index >= 15 is 0 Å². The minimum absolute atomic E-state index is 0.0255. The molecule has 0 saturated heterocycles. The fourth-order valence-corrected chi connectivity index (χ4v) is 7.78. The molecule has 0 radical (unpaired) electrons. The van der Waals surface area contributed by atoms with Gasteiger partial charge >= 0.3 is 11.9 Å². The normalized spacial score (nSPS) is 44.2. The molecule has 4 fully saturated rings. The van der Waals surface area contributed by atoms with Crippen LogP contribution in [-0.2, 0) is 28.7 Å². The first-order valence-electron chi connectivity index (χ1n) is 11.0. The first-order chi connectivity index (χ1) is 13.9. The first-order valence-corrected chi connectivity index (χ1v) is 11.0. The highest BCUT2D eigenvalue weighted by Gasteiger charge is 2.76. The molecule has 6 heteroatoms. The molecule has 1 spiro atoms. The summed E-state index contributed by atoms with van der Waals surface area (Å²) in [5, 5.41) is 0. The zero-order valence-electron chi connectivity index (χ0n) is 18.6. The SMILES string of the molecule is C=C1C(=O)C23C(OC(C)=O)CC4C(C)(C)C(=O)CCC4(C)C2CCC1C3OC(C)=O. The predicted octanol–water partition coefficient (Wildman–Crippen LogP) is 3.42. The number of carbonyl (C=O) groups excluding carboxylic acids is 4. The maximum absolute atomic E-state index is 13.8. The van der Waals surface area contributed by atoms with E-state index in [4.69, 9.17) is 9.47 Å². The van der Waals surface area contributed by atoms with Crippen LogP contribution in [0.2, 0.25) is 0 Å². The smallest absolute Gasteiger partial charge is 0.302 e. The Kier molecular flexibility index (Phi) is 4.61. The second-order valence-electron chi connectivity index (χ2n) is 10.6. The molecule has 0 N–H and O–H groups in total. The lowest BCUT2D eigenvalue weighted by Gasteiger charge is -2.65. The highest BCUT2D eigenvalue weighted by Crippen LogP contribution is 2.71. The quantitative estimate of drug-likeness (QED) is 0.506. The van der Waals surface area contributed by atoms with Crippen LogP contribution in [0.25, 0.3) is 0 Å². The summed E-state index contributed by atoms with van der Waals surface area (Å²) in [4.78, 5) is 50.8. The Morgan fingerprint density at radius 1 is 1.00 bits per heavy atom. The van der Waals surface area contributed by atoms with Crippen LogP contribution >= 0.6 is 0 Å². The maximum atomic E-state index is 13.8. The van der Waals surface area contributed by atoms with Gasteiger partial charge < -0.3 is 9.47 Å². The van der Waals surface area contributed by atoms with Gasteiger partial charge in [0, 0.05) is 31.6 Å². The molecule has 4 rings (SSSR count). The lowest BCUT2D eigenvalue weighted by atomic mass is 9.39. The van der Waals surface area contributed by atoms with Crippen molar-refractivity contribution in [3.63, 3.8) is 0 Å². The summed E-state index contributed by atoms with van der Waals surface area (Å²) in [7, 11) is 0. The minimum atomic E-state index is -1.11.